The number of carbonyl (C=O) groups is 1. The maximum absolute atomic E-state index is 13.2. The quantitative estimate of drug-likeness (QED) is 0.771. The van der Waals surface area contributed by atoms with Gasteiger partial charge in [-0.05, 0) is 43.5 Å². The molecule has 0 radical (unpaired) electrons. The number of piperidine rings is 1. The van der Waals surface area contributed by atoms with Crippen molar-refractivity contribution < 1.29 is 22.5 Å². The zero-order valence-electron chi connectivity index (χ0n) is 16.7. The number of ether oxygens (including phenoxy) is 1. The molecule has 156 valence electrons. The molecule has 8 nitrogen and oxygen atoms in total. The van der Waals surface area contributed by atoms with E-state index in [2.05, 4.69) is 10.5 Å². The smallest absolute Gasteiger partial charge is 0.248 e. The van der Waals surface area contributed by atoms with Crippen molar-refractivity contribution in [2.75, 3.05) is 27.2 Å². The minimum absolute atomic E-state index is 0.0497. The molecule has 0 aliphatic carbocycles. The molecule has 1 amide bonds. The summed E-state index contributed by atoms with van der Waals surface area (Å²) in [5.74, 6) is 0.712. The van der Waals surface area contributed by atoms with Gasteiger partial charge >= 0.3 is 0 Å². The molecule has 0 atom stereocenters. The van der Waals surface area contributed by atoms with Gasteiger partial charge in [-0.2, -0.15) is 4.31 Å². The number of nitrogens with zero attached hydrogens (tertiary/aromatic N) is 2. The predicted molar refractivity (Wildman–Crippen MR) is 109 cm³/mol. The van der Waals surface area contributed by atoms with E-state index in [1.54, 1.807) is 33.2 Å². The maximum atomic E-state index is 13.2. The van der Waals surface area contributed by atoms with E-state index in [1.165, 1.54) is 4.31 Å². The third kappa shape index (κ3) is 4.51. The van der Waals surface area contributed by atoms with Crippen molar-refractivity contribution in [1.29, 1.82) is 0 Å². The first-order valence-corrected chi connectivity index (χ1v) is 10.8. The second-order valence-electron chi connectivity index (χ2n) is 6.86. The lowest BCUT2D eigenvalue weighted by molar-refractivity contribution is -0.125. The third-order valence-electron chi connectivity index (χ3n) is 5.05. The highest BCUT2D eigenvalue weighted by molar-refractivity contribution is 7.89. The molecule has 1 N–H and O–H groups in total. The molecule has 3 rings (SSSR count). The van der Waals surface area contributed by atoms with E-state index in [1.807, 2.05) is 24.3 Å². The summed E-state index contributed by atoms with van der Waals surface area (Å²) in [5.41, 5.74) is 1.18. The Hall–Kier alpha value is -2.65. The molecule has 0 unspecified atom stereocenters. The number of rotatable bonds is 6. The zero-order valence-corrected chi connectivity index (χ0v) is 17.5. The Morgan fingerprint density at radius 2 is 1.90 bits per heavy atom. The lowest BCUT2D eigenvalue weighted by atomic mass is 9.97. The second-order valence-corrected chi connectivity index (χ2v) is 8.74. The molecule has 2 heterocycles. The lowest BCUT2D eigenvalue weighted by Crippen LogP contribution is -2.42. The first-order valence-electron chi connectivity index (χ1n) is 9.37. The summed E-state index contributed by atoms with van der Waals surface area (Å²) in [6.07, 6.45) is 4.34. The molecule has 1 fully saturated rings. The molecule has 0 spiro atoms. The van der Waals surface area contributed by atoms with Gasteiger partial charge in [0.25, 0.3) is 0 Å². The van der Waals surface area contributed by atoms with Crippen molar-refractivity contribution in [3.05, 3.63) is 41.3 Å². The Morgan fingerprint density at radius 3 is 2.48 bits per heavy atom. The molecule has 1 aromatic carbocycles. The first-order chi connectivity index (χ1) is 13.9. The van der Waals surface area contributed by atoms with Gasteiger partial charge in [-0.3, -0.25) is 4.79 Å². The topological polar surface area (TPSA) is 102 Å². The largest absolute Gasteiger partial charge is 0.497 e. The maximum Gasteiger partial charge on any atom is 0.248 e. The summed E-state index contributed by atoms with van der Waals surface area (Å²) in [7, 11) is -0.592. The van der Waals surface area contributed by atoms with Crippen LogP contribution in [0.2, 0.25) is 0 Å². The molecular formula is C20H25N3O5S. The van der Waals surface area contributed by atoms with Crippen molar-refractivity contribution in [2.45, 2.75) is 24.7 Å². The van der Waals surface area contributed by atoms with E-state index in [0.717, 1.165) is 11.3 Å². The van der Waals surface area contributed by atoms with Crippen molar-refractivity contribution in [1.82, 2.24) is 14.8 Å². The Balaban J connectivity index is 1.81. The van der Waals surface area contributed by atoms with Gasteiger partial charge in [-0.25, -0.2) is 8.42 Å². The Bertz CT molecular complexity index is 988. The Labute approximate surface area is 170 Å². The lowest BCUT2D eigenvalue weighted by Gasteiger charge is -2.30. The molecule has 1 saturated heterocycles. The summed E-state index contributed by atoms with van der Waals surface area (Å²) >= 11 is 0. The highest BCUT2D eigenvalue weighted by Gasteiger charge is 2.35. The van der Waals surface area contributed by atoms with Crippen LogP contribution in [0.3, 0.4) is 0 Å². The van der Waals surface area contributed by atoms with E-state index in [4.69, 9.17) is 9.26 Å². The van der Waals surface area contributed by atoms with Crippen LogP contribution in [0.15, 0.2) is 33.7 Å². The average molecular weight is 420 g/mol. The van der Waals surface area contributed by atoms with E-state index >= 15 is 0 Å². The molecule has 1 aromatic heterocycles. The van der Waals surface area contributed by atoms with Gasteiger partial charge in [0.15, 0.2) is 10.7 Å². The number of methoxy groups -OCH3 is 1. The summed E-state index contributed by atoms with van der Waals surface area (Å²) in [5, 5.41) is 6.48. The van der Waals surface area contributed by atoms with Gasteiger partial charge in [0.05, 0.1) is 7.11 Å². The van der Waals surface area contributed by atoms with E-state index in [9.17, 15) is 13.2 Å². The SMILES string of the molecule is CNC(=O)C1CCN(S(=O)(=O)c2c(C)noc2/C=C/c2ccc(OC)cc2)CC1. The molecule has 29 heavy (non-hydrogen) atoms. The number of hydrogen-bond donors (Lipinski definition) is 1. The van der Waals surface area contributed by atoms with Gasteiger partial charge in [0.1, 0.15) is 11.4 Å². The van der Waals surface area contributed by atoms with Crippen LogP contribution in [0.5, 0.6) is 5.75 Å². The summed E-state index contributed by atoms with van der Waals surface area (Å²) in [4.78, 5) is 11.9. The predicted octanol–water partition coefficient (Wildman–Crippen LogP) is 2.31. The number of aromatic nitrogens is 1. The fourth-order valence-electron chi connectivity index (χ4n) is 3.38. The zero-order chi connectivity index (χ0) is 21.0. The van der Waals surface area contributed by atoms with Crippen LogP contribution in [0, 0.1) is 12.8 Å². The van der Waals surface area contributed by atoms with Gasteiger partial charge in [-0.1, -0.05) is 23.4 Å². The number of aryl methyl sites for hydroxylation is 1. The van der Waals surface area contributed by atoms with Crippen LogP contribution in [0.1, 0.15) is 29.9 Å². The molecule has 0 saturated carbocycles. The van der Waals surface area contributed by atoms with Crippen molar-refractivity contribution in [3.8, 4) is 5.75 Å². The molecule has 1 aliphatic heterocycles. The average Bonchev–Trinajstić information content (AvgIpc) is 3.13. The fraction of sp³-hybridized carbons (Fsp3) is 0.400. The van der Waals surface area contributed by atoms with Crippen LogP contribution in [0.25, 0.3) is 12.2 Å². The molecule has 1 aliphatic rings. The number of sulfonamides is 1. The standard InChI is InChI=1S/C20H25N3O5S/c1-14-19(29(25,26)23-12-10-16(11-13-23)20(24)21-2)18(28-22-14)9-6-15-4-7-17(27-3)8-5-15/h4-9,16H,10-13H2,1-3H3,(H,21,24)/b9-6+. The molecule has 2 aromatic rings. The monoisotopic (exact) mass is 419 g/mol. The first kappa shape index (κ1) is 21.1. The van der Waals surface area contributed by atoms with Gasteiger partial charge in [0, 0.05) is 26.1 Å². The van der Waals surface area contributed by atoms with Crippen LogP contribution in [0.4, 0.5) is 0 Å². The molecule has 9 heteroatoms. The van der Waals surface area contributed by atoms with Crippen LogP contribution >= 0.6 is 0 Å². The highest BCUT2D eigenvalue weighted by atomic mass is 32.2. The summed E-state index contributed by atoms with van der Waals surface area (Å²) in [6.45, 7) is 2.18. The molecular weight excluding hydrogens is 394 g/mol. The fourth-order valence-corrected chi connectivity index (χ4v) is 5.10. The van der Waals surface area contributed by atoms with Crippen molar-refractivity contribution >= 4 is 28.1 Å². The van der Waals surface area contributed by atoms with Crippen LogP contribution < -0.4 is 10.1 Å². The van der Waals surface area contributed by atoms with Crippen LogP contribution in [-0.2, 0) is 14.8 Å². The van der Waals surface area contributed by atoms with E-state index in [-0.39, 0.29) is 35.6 Å². The van der Waals surface area contributed by atoms with E-state index < -0.39 is 10.0 Å². The third-order valence-corrected chi connectivity index (χ3v) is 7.10. The van der Waals surface area contributed by atoms with Crippen molar-refractivity contribution in [3.63, 3.8) is 0 Å². The summed E-state index contributed by atoms with van der Waals surface area (Å²) < 4.78 is 38.2. The van der Waals surface area contributed by atoms with Gasteiger partial charge < -0.3 is 14.6 Å². The second kappa shape index (κ2) is 8.79. The number of nitrogens with one attached hydrogen (secondary N) is 1. The number of amides is 1. The number of carbonyl (C=O) groups excluding carboxylic acids is 1. The molecule has 0 bridgehead atoms. The minimum Gasteiger partial charge on any atom is -0.497 e. The Morgan fingerprint density at radius 1 is 1.24 bits per heavy atom. The minimum atomic E-state index is -3.78. The normalized spacial score (nSPS) is 16.2. The van der Waals surface area contributed by atoms with Crippen molar-refractivity contribution in [2.24, 2.45) is 5.92 Å². The van der Waals surface area contributed by atoms with Crippen LogP contribution in [-0.4, -0.2) is 51.0 Å². The van der Waals surface area contributed by atoms with Gasteiger partial charge in [-0.15, -0.1) is 0 Å². The summed E-state index contributed by atoms with van der Waals surface area (Å²) in [6, 6.07) is 7.35. The van der Waals surface area contributed by atoms with E-state index in [0.29, 0.717) is 18.5 Å². The highest BCUT2D eigenvalue weighted by Crippen LogP contribution is 2.29. The Kier molecular flexibility index (Phi) is 6.39. The van der Waals surface area contributed by atoms with Gasteiger partial charge in [0.2, 0.25) is 15.9 Å². The number of benzene rings is 1. The number of hydrogen-bond acceptors (Lipinski definition) is 6.